The van der Waals surface area contributed by atoms with Gasteiger partial charge < -0.3 is 5.73 Å². The average Bonchev–Trinajstić information content (AvgIpc) is 3.23. The van der Waals surface area contributed by atoms with Gasteiger partial charge in [0.1, 0.15) is 0 Å². The minimum absolute atomic E-state index is 0.702. The lowest BCUT2D eigenvalue weighted by Crippen LogP contribution is -2.39. The molecule has 2 aliphatic rings. The van der Waals surface area contributed by atoms with Crippen LogP contribution >= 0.6 is 0 Å². The molecule has 20 heavy (non-hydrogen) atoms. The molecule has 2 unspecified atom stereocenters. The number of benzene rings is 1. The third-order valence-corrected chi connectivity index (χ3v) is 5.21. The minimum atomic E-state index is 0.702. The molecule has 110 valence electrons. The molecule has 2 aliphatic carbocycles. The van der Waals surface area contributed by atoms with Crippen molar-refractivity contribution in [1.82, 2.24) is 4.90 Å². The molecule has 2 saturated carbocycles. The van der Waals surface area contributed by atoms with E-state index in [1.807, 2.05) is 0 Å². The molecule has 1 aromatic rings. The van der Waals surface area contributed by atoms with E-state index < -0.39 is 0 Å². The van der Waals surface area contributed by atoms with Crippen molar-refractivity contribution >= 4 is 0 Å². The van der Waals surface area contributed by atoms with E-state index in [-0.39, 0.29) is 0 Å². The van der Waals surface area contributed by atoms with Gasteiger partial charge in [-0.05, 0) is 61.7 Å². The van der Waals surface area contributed by atoms with Crippen molar-refractivity contribution in [3.63, 3.8) is 0 Å². The molecule has 2 fully saturated rings. The Hall–Kier alpha value is -0.860. The van der Waals surface area contributed by atoms with Crippen molar-refractivity contribution in [3.8, 4) is 0 Å². The lowest BCUT2D eigenvalue weighted by Gasteiger charge is -2.31. The second kappa shape index (κ2) is 6.28. The Morgan fingerprint density at radius 3 is 2.45 bits per heavy atom. The van der Waals surface area contributed by atoms with Crippen LogP contribution in [0.2, 0.25) is 0 Å². The van der Waals surface area contributed by atoms with E-state index in [1.54, 1.807) is 0 Å². The van der Waals surface area contributed by atoms with Crippen molar-refractivity contribution in [2.75, 3.05) is 13.1 Å². The molecule has 0 aromatic heterocycles. The van der Waals surface area contributed by atoms with Crippen LogP contribution in [0.3, 0.4) is 0 Å². The third-order valence-electron chi connectivity index (χ3n) is 5.21. The number of nitrogens with two attached hydrogens (primary N) is 1. The smallest absolute Gasteiger partial charge is 0.0236 e. The Labute approximate surface area is 123 Å². The zero-order valence-electron chi connectivity index (χ0n) is 12.7. The van der Waals surface area contributed by atoms with E-state index in [4.69, 9.17) is 5.73 Å². The van der Waals surface area contributed by atoms with Crippen molar-refractivity contribution in [1.29, 1.82) is 0 Å². The first-order valence-corrected chi connectivity index (χ1v) is 8.34. The Morgan fingerprint density at radius 1 is 1.10 bits per heavy atom. The van der Waals surface area contributed by atoms with E-state index in [0.29, 0.717) is 12.0 Å². The molecular weight excluding hydrogens is 244 g/mol. The normalized spacial score (nSPS) is 26.4. The first-order valence-electron chi connectivity index (χ1n) is 8.34. The molecule has 2 nitrogen and oxygen atoms in total. The lowest BCUT2D eigenvalue weighted by atomic mass is 10.0. The molecule has 2 atom stereocenters. The predicted molar refractivity (Wildman–Crippen MR) is 84.7 cm³/mol. The summed E-state index contributed by atoms with van der Waals surface area (Å²) >= 11 is 0. The highest BCUT2D eigenvalue weighted by molar-refractivity contribution is 5.28. The number of nitrogens with zero attached hydrogens (tertiary/aromatic N) is 1. The number of hydrogen-bond acceptors (Lipinski definition) is 2. The van der Waals surface area contributed by atoms with Gasteiger partial charge in [-0.2, -0.15) is 0 Å². The maximum atomic E-state index is 5.94. The molecule has 1 aromatic carbocycles. The summed E-state index contributed by atoms with van der Waals surface area (Å²) in [5.41, 5.74) is 8.94. The van der Waals surface area contributed by atoms with Gasteiger partial charge in [-0.3, -0.25) is 4.90 Å². The summed E-state index contributed by atoms with van der Waals surface area (Å²) in [6, 6.07) is 10.1. The molecule has 2 heteroatoms. The fourth-order valence-electron chi connectivity index (χ4n) is 3.78. The molecule has 0 amide bonds. The van der Waals surface area contributed by atoms with Gasteiger partial charge in [-0.25, -0.2) is 0 Å². The largest absolute Gasteiger partial charge is 0.330 e. The van der Waals surface area contributed by atoms with Crippen molar-refractivity contribution in [2.45, 2.75) is 57.5 Å². The fraction of sp³-hybridized carbons (Fsp3) is 0.667. The van der Waals surface area contributed by atoms with Gasteiger partial charge >= 0.3 is 0 Å². The molecule has 0 heterocycles. The second-order valence-electron chi connectivity index (χ2n) is 6.57. The summed E-state index contributed by atoms with van der Waals surface area (Å²) in [7, 11) is 0. The first kappa shape index (κ1) is 14.1. The maximum Gasteiger partial charge on any atom is 0.0236 e. The van der Waals surface area contributed by atoms with Crippen LogP contribution in [-0.2, 0) is 6.54 Å². The Morgan fingerprint density at radius 2 is 1.85 bits per heavy atom. The number of hydrogen-bond donors (Lipinski definition) is 1. The van der Waals surface area contributed by atoms with Gasteiger partial charge in [0.15, 0.2) is 0 Å². The molecule has 0 radical (unpaired) electrons. The van der Waals surface area contributed by atoms with Crippen LogP contribution in [0.25, 0.3) is 0 Å². The molecule has 2 N–H and O–H groups in total. The van der Waals surface area contributed by atoms with Gasteiger partial charge in [0.25, 0.3) is 0 Å². The Bertz CT molecular complexity index is 422. The summed E-state index contributed by atoms with van der Waals surface area (Å²) in [5, 5.41) is 0. The van der Waals surface area contributed by atoms with Crippen molar-refractivity contribution < 1.29 is 0 Å². The summed E-state index contributed by atoms with van der Waals surface area (Å²) in [6.45, 7) is 5.35. The van der Waals surface area contributed by atoms with Crippen LogP contribution in [0.5, 0.6) is 0 Å². The molecule has 0 spiro atoms. The monoisotopic (exact) mass is 272 g/mol. The fourth-order valence-corrected chi connectivity index (χ4v) is 3.78. The van der Waals surface area contributed by atoms with Crippen LogP contribution in [0.15, 0.2) is 24.3 Å². The van der Waals surface area contributed by atoms with E-state index in [0.717, 1.165) is 25.6 Å². The van der Waals surface area contributed by atoms with Gasteiger partial charge in [0.05, 0.1) is 0 Å². The Balaban J connectivity index is 1.64. The van der Waals surface area contributed by atoms with Crippen LogP contribution in [-0.4, -0.2) is 24.0 Å². The van der Waals surface area contributed by atoms with Gasteiger partial charge in [-0.1, -0.05) is 37.6 Å². The van der Waals surface area contributed by atoms with Crippen LogP contribution in [0.1, 0.15) is 56.1 Å². The summed E-state index contributed by atoms with van der Waals surface area (Å²) < 4.78 is 0. The zero-order chi connectivity index (χ0) is 13.9. The van der Waals surface area contributed by atoms with Gasteiger partial charge in [0, 0.05) is 12.6 Å². The summed E-state index contributed by atoms with van der Waals surface area (Å²) in [5.74, 6) is 1.57. The molecule has 0 aliphatic heterocycles. The van der Waals surface area contributed by atoms with E-state index >= 15 is 0 Å². The van der Waals surface area contributed by atoms with Crippen LogP contribution in [0, 0.1) is 5.92 Å². The highest BCUT2D eigenvalue weighted by Gasteiger charge is 2.30. The third kappa shape index (κ3) is 3.07. The van der Waals surface area contributed by atoms with Gasteiger partial charge in [0.2, 0.25) is 0 Å². The van der Waals surface area contributed by atoms with E-state index in [2.05, 4.69) is 36.1 Å². The number of rotatable bonds is 6. The van der Waals surface area contributed by atoms with E-state index in [9.17, 15) is 0 Å². The van der Waals surface area contributed by atoms with Crippen molar-refractivity contribution in [2.24, 2.45) is 11.7 Å². The van der Waals surface area contributed by atoms with Crippen LogP contribution < -0.4 is 5.73 Å². The standard InChI is InChI=1S/C18H28N2/c1-2-20(18-5-3-4-17(18)12-19)13-14-6-8-15(9-7-14)16-10-11-16/h6-9,16-18H,2-5,10-13,19H2,1H3. The topological polar surface area (TPSA) is 29.3 Å². The molecular formula is C18H28N2. The van der Waals surface area contributed by atoms with Crippen LogP contribution in [0.4, 0.5) is 0 Å². The minimum Gasteiger partial charge on any atom is -0.330 e. The highest BCUT2D eigenvalue weighted by atomic mass is 15.2. The first-order chi connectivity index (χ1) is 9.81. The Kier molecular flexibility index (Phi) is 4.42. The quantitative estimate of drug-likeness (QED) is 0.858. The van der Waals surface area contributed by atoms with Crippen molar-refractivity contribution in [3.05, 3.63) is 35.4 Å². The zero-order valence-corrected chi connectivity index (χ0v) is 12.7. The maximum absolute atomic E-state index is 5.94. The summed E-state index contributed by atoms with van der Waals surface area (Å²) in [6.07, 6.45) is 6.78. The highest BCUT2D eigenvalue weighted by Crippen LogP contribution is 2.40. The molecule has 0 bridgehead atoms. The second-order valence-corrected chi connectivity index (χ2v) is 6.57. The lowest BCUT2D eigenvalue weighted by molar-refractivity contribution is 0.162. The average molecular weight is 272 g/mol. The predicted octanol–water partition coefficient (Wildman–Crippen LogP) is 3.51. The molecule has 3 rings (SSSR count). The summed E-state index contributed by atoms with van der Waals surface area (Å²) in [4.78, 5) is 2.64. The van der Waals surface area contributed by atoms with Gasteiger partial charge in [-0.15, -0.1) is 0 Å². The SMILES string of the molecule is CCN(Cc1ccc(C2CC2)cc1)C1CCCC1CN. The van der Waals surface area contributed by atoms with E-state index in [1.165, 1.54) is 43.2 Å². The molecule has 0 saturated heterocycles.